The Morgan fingerprint density at radius 2 is 2.00 bits per heavy atom. The molecule has 2 aromatic rings. The van der Waals surface area contributed by atoms with Gasteiger partial charge >= 0.3 is 0 Å². The third kappa shape index (κ3) is 1.23. The summed E-state index contributed by atoms with van der Waals surface area (Å²) in [6, 6.07) is 3.73. The van der Waals surface area contributed by atoms with Crippen molar-refractivity contribution in [3.8, 4) is 0 Å². The van der Waals surface area contributed by atoms with Crippen LogP contribution in [0.3, 0.4) is 0 Å². The molecule has 0 radical (unpaired) electrons. The molecule has 14 heavy (non-hydrogen) atoms. The van der Waals surface area contributed by atoms with E-state index < -0.39 is 0 Å². The molecular weight excluding hydrogens is 176 g/mol. The molecule has 2 N–H and O–H groups in total. The van der Waals surface area contributed by atoms with Crippen molar-refractivity contribution in [1.82, 2.24) is 14.6 Å². The molecule has 4 heteroatoms. The van der Waals surface area contributed by atoms with Crippen LogP contribution in [0.2, 0.25) is 0 Å². The van der Waals surface area contributed by atoms with Gasteiger partial charge in [0.05, 0.1) is 5.69 Å². The third-order valence-electron chi connectivity index (χ3n) is 2.14. The van der Waals surface area contributed by atoms with Crippen LogP contribution in [0.1, 0.15) is 26.6 Å². The lowest BCUT2D eigenvalue weighted by atomic mass is 9.96. The number of pyridine rings is 1. The van der Waals surface area contributed by atoms with E-state index in [1.807, 2.05) is 22.7 Å². The van der Waals surface area contributed by atoms with E-state index in [-0.39, 0.29) is 5.41 Å². The van der Waals surface area contributed by atoms with E-state index in [9.17, 15) is 0 Å². The summed E-state index contributed by atoms with van der Waals surface area (Å²) < 4.78 is 1.94. The first-order valence-corrected chi connectivity index (χ1v) is 4.60. The quantitative estimate of drug-likeness (QED) is 0.686. The Balaban J connectivity index is 2.76. The highest BCUT2D eigenvalue weighted by atomic mass is 15.3. The van der Waals surface area contributed by atoms with Gasteiger partial charge in [0, 0.05) is 11.6 Å². The topological polar surface area (TPSA) is 56.2 Å². The number of anilines is 1. The number of nitrogens with two attached hydrogens (primary N) is 1. The van der Waals surface area contributed by atoms with Crippen LogP contribution < -0.4 is 5.73 Å². The van der Waals surface area contributed by atoms with Crippen LogP contribution >= 0.6 is 0 Å². The van der Waals surface area contributed by atoms with Crippen LogP contribution in [-0.4, -0.2) is 14.6 Å². The minimum atomic E-state index is -0.0206. The number of hydrogen-bond donors (Lipinski definition) is 1. The number of aromatic nitrogens is 3. The maximum Gasteiger partial charge on any atom is 0.184 e. The zero-order valence-corrected chi connectivity index (χ0v) is 8.65. The molecule has 0 fully saturated rings. The Kier molecular flexibility index (Phi) is 1.74. The van der Waals surface area contributed by atoms with Crippen molar-refractivity contribution in [2.45, 2.75) is 26.2 Å². The Hall–Kier alpha value is -1.58. The van der Waals surface area contributed by atoms with Gasteiger partial charge in [-0.15, -0.1) is 10.2 Å². The van der Waals surface area contributed by atoms with Crippen LogP contribution in [0.25, 0.3) is 5.65 Å². The van der Waals surface area contributed by atoms with Gasteiger partial charge in [0.25, 0.3) is 0 Å². The summed E-state index contributed by atoms with van der Waals surface area (Å²) in [4.78, 5) is 0. The highest BCUT2D eigenvalue weighted by Gasteiger charge is 2.20. The molecule has 0 aliphatic rings. The molecule has 4 nitrogen and oxygen atoms in total. The van der Waals surface area contributed by atoms with Crippen LogP contribution in [0.4, 0.5) is 5.69 Å². The maximum absolute atomic E-state index is 5.79. The molecule has 0 unspecified atom stereocenters. The highest BCUT2D eigenvalue weighted by molar-refractivity contribution is 5.63. The molecule has 0 saturated heterocycles. The lowest BCUT2D eigenvalue weighted by Crippen LogP contribution is -2.15. The van der Waals surface area contributed by atoms with Crippen molar-refractivity contribution in [2.24, 2.45) is 0 Å². The fraction of sp³-hybridized carbons (Fsp3) is 0.400. The fourth-order valence-electron chi connectivity index (χ4n) is 1.45. The van der Waals surface area contributed by atoms with Crippen molar-refractivity contribution in [3.05, 3.63) is 24.2 Å². The monoisotopic (exact) mass is 190 g/mol. The van der Waals surface area contributed by atoms with Gasteiger partial charge in [-0.05, 0) is 12.1 Å². The number of nitrogens with zero attached hydrogens (tertiary/aromatic N) is 3. The molecule has 2 heterocycles. The molecule has 0 atom stereocenters. The lowest BCUT2D eigenvalue weighted by molar-refractivity contribution is 0.539. The smallest absolute Gasteiger partial charge is 0.184 e. The summed E-state index contributed by atoms with van der Waals surface area (Å²) in [5, 5.41) is 8.23. The Bertz CT molecular complexity index is 464. The first-order valence-electron chi connectivity index (χ1n) is 4.60. The predicted octanol–water partition coefficient (Wildman–Crippen LogP) is 1.61. The van der Waals surface area contributed by atoms with E-state index in [4.69, 9.17) is 5.73 Å². The third-order valence-corrected chi connectivity index (χ3v) is 2.14. The van der Waals surface area contributed by atoms with E-state index in [0.29, 0.717) is 5.69 Å². The molecule has 2 rings (SSSR count). The van der Waals surface area contributed by atoms with Gasteiger partial charge in [-0.25, -0.2) is 0 Å². The lowest BCUT2D eigenvalue weighted by Gasteiger charge is -2.15. The molecule has 2 aromatic heterocycles. The number of rotatable bonds is 0. The zero-order chi connectivity index (χ0) is 10.3. The SMILES string of the molecule is CC(C)(C)c1nnc2c(N)cccn12. The average Bonchev–Trinajstić information content (AvgIpc) is 2.47. The Labute approximate surface area is 82.8 Å². The van der Waals surface area contributed by atoms with E-state index in [1.54, 1.807) is 0 Å². The number of fused-ring (bicyclic) bond motifs is 1. The Morgan fingerprint density at radius 3 is 2.64 bits per heavy atom. The van der Waals surface area contributed by atoms with E-state index >= 15 is 0 Å². The minimum Gasteiger partial charge on any atom is -0.396 e. The zero-order valence-electron chi connectivity index (χ0n) is 8.65. The van der Waals surface area contributed by atoms with Crippen molar-refractivity contribution >= 4 is 11.3 Å². The van der Waals surface area contributed by atoms with Gasteiger partial charge in [-0.1, -0.05) is 20.8 Å². The average molecular weight is 190 g/mol. The van der Waals surface area contributed by atoms with Crippen LogP contribution in [0.15, 0.2) is 18.3 Å². The highest BCUT2D eigenvalue weighted by Crippen LogP contribution is 2.22. The first kappa shape index (κ1) is 8.99. The minimum absolute atomic E-state index is 0.0206. The molecular formula is C10H14N4. The van der Waals surface area contributed by atoms with Gasteiger partial charge in [0.2, 0.25) is 0 Å². The van der Waals surface area contributed by atoms with Crippen molar-refractivity contribution in [1.29, 1.82) is 0 Å². The van der Waals surface area contributed by atoms with Crippen molar-refractivity contribution in [3.63, 3.8) is 0 Å². The Morgan fingerprint density at radius 1 is 1.29 bits per heavy atom. The normalized spacial score (nSPS) is 12.2. The second kappa shape index (κ2) is 2.70. The van der Waals surface area contributed by atoms with Crippen LogP contribution in [0, 0.1) is 0 Å². The van der Waals surface area contributed by atoms with Crippen LogP contribution in [0.5, 0.6) is 0 Å². The molecule has 0 amide bonds. The molecule has 74 valence electrons. The van der Waals surface area contributed by atoms with Gasteiger partial charge < -0.3 is 5.73 Å². The molecule has 0 aliphatic carbocycles. The molecule has 0 bridgehead atoms. The standard InChI is InChI=1S/C10H14N4/c1-10(2,3)9-13-12-8-7(11)5-4-6-14(8)9/h4-6H,11H2,1-3H3. The fourth-order valence-corrected chi connectivity index (χ4v) is 1.45. The van der Waals surface area contributed by atoms with E-state index in [0.717, 1.165) is 11.5 Å². The largest absolute Gasteiger partial charge is 0.396 e. The molecule has 0 aromatic carbocycles. The summed E-state index contributed by atoms with van der Waals surface area (Å²) in [5.41, 5.74) is 7.17. The summed E-state index contributed by atoms with van der Waals surface area (Å²) in [6.45, 7) is 6.31. The van der Waals surface area contributed by atoms with Crippen molar-refractivity contribution < 1.29 is 0 Å². The second-order valence-corrected chi connectivity index (χ2v) is 4.43. The maximum atomic E-state index is 5.79. The molecule has 0 aliphatic heterocycles. The summed E-state index contributed by atoms with van der Waals surface area (Å²) in [7, 11) is 0. The summed E-state index contributed by atoms with van der Waals surface area (Å²) in [5.74, 6) is 0.930. The van der Waals surface area contributed by atoms with E-state index in [1.165, 1.54) is 0 Å². The number of nitrogen functional groups attached to an aromatic ring is 1. The second-order valence-electron chi connectivity index (χ2n) is 4.43. The summed E-state index contributed by atoms with van der Waals surface area (Å²) in [6.07, 6.45) is 1.94. The predicted molar refractivity (Wildman–Crippen MR) is 56.1 cm³/mol. The molecule has 0 spiro atoms. The first-order chi connectivity index (χ1) is 6.50. The molecule has 0 saturated carbocycles. The van der Waals surface area contributed by atoms with Crippen molar-refractivity contribution in [2.75, 3.05) is 5.73 Å². The van der Waals surface area contributed by atoms with Crippen LogP contribution in [-0.2, 0) is 5.41 Å². The van der Waals surface area contributed by atoms with Gasteiger partial charge in [-0.3, -0.25) is 4.40 Å². The number of hydrogen-bond acceptors (Lipinski definition) is 3. The summed E-state index contributed by atoms with van der Waals surface area (Å²) >= 11 is 0. The van der Waals surface area contributed by atoms with Gasteiger partial charge in [0.15, 0.2) is 5.65 Å². The van der Waals surface area contributed by atoms with E-state index in [2.05, 4.69) is 31.0 Å². The van der Waals surface area contributed by atoms with Gasteiger partial charge in [0.1, 0.15) is 5.82 Å². The van der Waals surface area contributed by atoms with Gasteiger partial charge in [-0.2, -0.15) is 0 Å².